The van der Waals surface area contributed by atoms with Crippen molar-refractivity contribution in [2.75, 3.05) is 0 Å². The highest BCUT2D eigenvalue weighted by Gasteiger charge is 2.33. The van der Waals surface area contributed by atoms with Crippen LogP contribution in [0, 0.1) is 11.5 Å². The van der Waals surface area contributed by atoms with Crippen LogP contribution in [0.2, 0.25) is 0 Å². The second-order valence-electron chi connectivity index (χ2n) is 2.26. The summed E-state index contributed by atoms with van der Waals surface area (Å²) in [5, 5.41) is 8.15. The lowest BCUT2D eigenvalue weighted by molar-refractivity contribution is 0.347. The van der Waals surface area contributed by atoms with Crippen molar-refractivity contribution >= 4 is 13.2 Å². The first-order chi connectivity index (χ1) is 6.04. The Hall–Kier alpha value is -1.18. The van der Waals surface area contributed by atoms with E-state index in [0.29, 0.717) is 0 Å². The van der Waals surface area contributed by atoms with Gasteiger partial charge < -0.3 is 4.74 Å². The van der Waals surface area contributed by atoms with E-state index in [0.717, 1.165) is 0 Å². The molecule has 0 aliphatic carbocycles. The van der Waals surface area contributed by atoms with Crippen LogP contribution in [0.3, 0.4) is 0 Å². The van der Waals surface area contributed by atoms with Crippen molar-refractivity contribution in [3.63, 3.8) is 0 Å². The molecule has 6 heteroatoms. The fourth-order valence-corrected chi connectivity index (χ4v) is 1.32. The third kappa shape index (κ3) is 2.65. The smallest absolute Gasteiger partial charge is 0.388 e. The summed E-state index contributed by atoms with van der Waals surface area (Å²) in [5.74, 6) is 0.278. The van der Waals surface area contributed by atoms with Crippen LogP contribution in [-0.4, -0.2) is 14.7 Å². The van der Waals surface area contributed by atoms with E-state index in [-0.39, 0.29) is 11.1 Å². The van der Waals surface area contributed by atoms with Gasteiger partial charge in [-0.2, -0.15) is 14.7 Å². The number of hydrogen-bond donors (Lipinski definition) is 3. The van der Waals surface area contributed by atoms with Crippen LogP contribution in [0.5, 0.6) is 5.75 Å². The standard InChI is InChI=1S/C7H7NO4P/c8-5-12-6-1-3-7(4-2-6)13(9,10)11/h1-4,9-11H/q+1. The van der Waals surface area contributed by atoms with Crippen molar-refractivity contribution in [1.82, 2.24) is 0 Å². The predicted octanol–water partition coefficient (Wildman–Crippen LogP) is -0.0887. The molecule has 1 aromatic carbocycles. The van der Waals surface area contributed by atoms with E-state index in [1.807, 2.05) is 0 Å². The van der Waals surface area contributed by atoms with Gasteiger partial charge in [0.25, 0.3) is 6.26 Å². The van der Waals surface area contributed by atoms with Crippen LogP contribution < -0.4 is 10.0 Å². The van der Waals surface area contributed by atoms with Gasteiger partial charge in [0, 0.05) is 0 Å². The maximum Gasteiger partial charge on any atom is 0.440 e. The summed E-state index contributed by atoms with van der Waals surface area (Å²) in [6.07, 6.45) is 1.46. The number of benzene rings is 1. The zero-order chi connectivity index (χ0) is 9.90. The summed E-state index contributed by atoms with van der Waals surface area (Å²) in [4.78, 5) is 26.5. The van der Waals surface area contributed by atoms with E-state index >= 15 is 0 Å². The molecule has 0 aromatic heterocycles. The molecule has 68 valence electrons. The normalized spacial score (nSPS) is 10.6. The number of nitrogens with zero attached hydrogens (tertiary/aromatic N) is 1. The third-order valence-corrected chi connectivity index (χ3v) is 2.34. The van der Waals surface area contributed by atoms with Crippen LogP contribution in [-0.2, 0) is 0 Å². The number of rotatable bonds is 2. The van der Waals surface area contributed by atoms with Crippen molar-refractivity contribution in [3.05, 3.63) is 24.3 Å². The van der Waals surface area contributed by atoms with E-state index in [4.69, 9.17) is 19.9 Å². The molecule has 0 saturated heterocycles. The van der Waals surface area contributed by atoms with Gasteiger partial charge in [-0.15, -0.1) is 5.26 Å². The molecule has 5 nitrogen and oxygen atoms in total. The Morgan fingerprint density at radius 3 is 2.08 bits per heavy atom. The van der Waals surface area contributed by atoms with Crippen LogP contribution >= 0.6 is 7.94 Å². The molecule has 0 atom stereocenters. The molecule has 0 radical (unpaired) electrons. The second kappa shape index (κ2) is 3.69. The van der Waals surface area contributed by atoms with E-state index in [1.54, 1.807) is 0 Å². The molecule has 1 rings (SSSR count). The first-order valence-corrected chi connectivity index (χ1v) is 4.92. The van der Waals surface area contributed by atoms with E-state index < -0.39 is 7.94 Å². The summed E-state index contributed by atoms with van der Waals surface area (Å²) in [5.41, 5.74) is 0. The summed E-state index contributed by atoms with van der Waals surface area (Å²) in [7, 11) is -3.95. The molecule has 3 N–H and O–H groups in total. The topological polar surface area (TPSA) is 93.7 Å². The van der Waals surface area contributed by atoms with Gasteiger partial charge in [0.1, 0.15) is 5.75 Å². The zero-order valence-corrected chi connectivity index (χ0v) is 7.35. The molecule has 1 aromatic rings. The van der Waals surface area contributed by atoms with Gasteiger partial charge in [0.2, 0.25) is 0 Å². The molecule has 0 heterocycles. The first kappa shape index (κ1) is 9.90. The maximum atomic E-state index is 8.83. The van der Waals surface area contributed by atoms with Crippen LogP contribution in [0.15, 0.2) is 24.3 Å². The molecular weight excluding hydrogens is 193 g/mol. The van der Waals surface area contributed by atoms with Crippen molar-refractivity contribution in [3.8, 4) is 12.0 Å². The van der Waals surface area contributed by atoms with Gasteiger partial charge in [0.15, 0.2) is 5.30 Å². The fourth-order valence-electron chi connectivity index (χ4n) is 0.767. The monoisotopic (exact) mass is 200 g/mol. The lowest BCUT2D eigenvalue weighted by Gasteiger charge is -2.02. The van der Waals surface area contributed by atoms with Crippen molar-refractivity contribution < 1.29 is 19.4 Å². The summed E-state index contributed by atoms with van der Waals surface area (Å²) in [6, 6.07) is 5.27. The Morgan fingerprint density at radius 2 is 1.69 bits per heavy atom. The Kier molecular flexibility index (Phi) is 2.81. The van der Waals surface area contributed by atoms with Crippen molar-refractivity contribution in [2.45, 2.75) is 0 Å². The number of ether oxygens (including phenoxy) is 1. The zero-order valence-electron chi connectivity index (χ0n) is 6.45. The Labute approximate surface area is 75.0 Å². The SMILES string of the molecule is N#COc1ccc([P+](O)(O)O)cc1. The summed E-state index contributed by atoms with van der Waals surface area (Å²) >= 11 is 0. The lowest BCUT2D eigenvalue weighted by atomic mass is 10.3. The largest absolute Gasteiger partial charge is 0.440 e. The molecule has 0 saturated carbocycles. The average Bonchev–Trinajstić information content (AvgIpc) is 2.04. The maximum absolute atomic E-state index is 8.83. The average molecular weight is 200 g/mol. The molecule has 0 unspecified atom stereocenters. The second-order valence-corrected chi connectivity index (χ2v) is 3.91. The minimum atomic E-state index is -3.95. The van der Waals surface area contributed by atoms with Gasteiger partial charge in [-0.3, -0.25) is 0 Å². The fraction of sp³-hybridized carbons (Fsp3) is 0. The molecule has 0 aliphatic heterocycles. The van der Waals surface area contributed by atoms with Crippen LogP contribution in [0.25, 0.3) is 0 Å². The Bertz CT molecular complexity index is 324. The van der Waals surface area contributed by atoms with Gasteiger partial charge in [-0.25, -0.2) is 0 Å². The molecule has 0 amide bonds. The Balaban J connectivity index is 2.89. The molecule has 0 bridgehead atoms. The molecule has 0 spiro atoms. The van der Waals surface area contributed by atoms with Gasteiger partial charge in [-0.1, -0.05) is 0 Å². The summed E-state index contributed by atoms with van der Waals surface area (Å²) < 4.78 is 4.45. The Morgan fingerprint density at radius 1 is 1.15 bits per heavy atom. The van der Waals surface area contributed by atoms with E-state index in [1.165, 1.54) is 30.5 Å². The first-order valence-electron chi connectivity index (χ1n) is 3.28. The quantitative estimate of drug-likeness (QED) is 0.458. The van der Waals surface area contributed by atoms with Gasteiger partial charge in [0.05, 0.1) is 0 Å². The highest BCUT2D eigenvalue weighted by atomic mass is 31.2. The highest BCUT2D eigenvalue weighted by molar-refractivity contribution is 7.66. The van der Waals surface area contributed by atoms with Crippen LogP contribution in [0.4, 0.5) is 0 Å². The minimum absolute atomic E-state index is 0.0118. The molecule has 0 aliphatic rings. The number of hydrogen-bond acceptors (Lipinski definition) is 5. The summed E-state index contributed by atoms with van der Waals surface area (Å²) in [6.45, 7) is 0. The van der Waals surface area contributed by atoms with Gasteiger partial charge in [-0.05, 0) is 24.3 Å². The molecule has 0 fully saturated rings. The minimum Gasteiger partial charge on any atom is -0.388 e. The lowest BCUT2D eigenvalue weighted by Crippen LogP contribution is -2.08. The van der Waals surface area contributed by atoms with Crippen molar-refractivity contribution in [1.29, 1.82) is 5.26 Å². The van der Waals surface area contributed by atoms with Crippen molar-refractivity contribution in [2.24, 2.45) is 0 Å². The third-order valence-electron chi connectivity index (χ3n) is 1.35. The van der Waals surface area contributed by atoms with E-state index in [9.17, 15) is 0 Å². The van der Waals surface area contributed by atoms with E-state index in [2.05, 4.69) is 4.74 Å². The number of nitriles is 1. The van der Waals surface area contributed by atoms with Gasteiger partial charge >= 0.3 is 7.94 Å². The highest BCUT2D eigenvalue weighted by Crippen LogP contribution is 2.42. The molecular formula is C7H7NO4P+. The predicted molar refractivity (Wildman–Crippen MR) is 45.9 cm³/mol. The molecule has 13 heavy (non-hydrogen) atoms. The van der Waals surface area contributed by atoms with Crippen LogP contribution in [0.1, 0.15) is 0 Å².